The standard InChI is InChI=1S/C25H31FN4O3S2.C15H26N4O2S.C10H7ClO2S/c1-35(32,33)28-22-5-4-6-23(17-22)30-13-11-29(12-14-30)10-3-2-9-27-25(31)20-15-19-16-21(26)7-8-24(19)34-18-20;1-22(20,21)17-14-5-4-6-15(13-14)19-11-9-18(10-12-19)8-3-2-7-16;11-8-1-2-9-6(4-8)3-7(5-14-9)10(12)13/h4-8,15-17,28H,2-3,9-14,18H2,1H3,(H,27,31);4-6,13,17H,2-3,7-12,16H2,1H3;1-4H,5H2,(H,12,13). The molecule has 4 aliphatic rings. The zero-order valence-electron chi connectivity index (χ0n) is 40.1. The molecule has 0 atom stereocenters. The topological polar surface area (TPSA) is 198 Å². The van der Waals surface area contributed by atoms with Gasteiger partial charge in [-0.15, -0.1) is 23.5 Å². The van der Waals surface area contributed by atoms with Crippen LogP contribution >= 0.6 is 35.1 Å². The molecule has 384 valence electrons. The highest BCUT2D eigenvalue weighted by atomic mass is 35.5. The van der Waals surface area contributed by atoms with E-state index in [1.165, 1.54) is 30.2 Å². The van der Waals surface area contributed by atoms with Crippen LogP contribution in [0.1, 0.15) is 36.8 Å². The van der Waals surface area contributed by atoms with E-state index >= 15 is 0 Å². The fourth-order valence-corrected chi connectivity index (χ4v) is 11.5. The first-order chi connectivity index (χ1) is 33.9. The Morgan fingerprint density at radius 3 is 1.68 bits per heavy atom. The van der Waals surface area contributed by atoms with E-state index in [1.54, 1.807) is 48.2 Å². The number of thioether (sulfide) groups is 2. The molecular weight excluding hydrogens is 1010 g/mol. The van der Waals surface area contributed by atoms with Gasteiger partial charge in [-0.2, -0.15) is 0 Å². The number of hydrogen-bond acceptors (Lipinski definition) is 13. The summed E-state index contributed by atoms with van der Waals surface area (Å²) < 4.78 is 64.1. The number of unbranched alkanes of at least 4 members (excludes halogenated alkanes) is 2. The highest BCUT2D eigenvalue weighted by Gasteiger charge is 2.21. The van der Waals surface area contributed by atoms with Crippen molar-refractivity contribution in [3.63, 3.8) is 0 Å². The molecule has 0 spiro atoms. The lowest BCUT2D eigenvalue weighted by Crippen LogP contribution is -2.46. The number of amides is 1. The number of nitrogens with zero attached hydrogens (tertiary/aromatic N) is 4. The number of hydrogen-bond donors (Lipinski definition) is 5. The van der Waals surface area contributed by atoms with Crippen LogP contribution in [0.5, 0.6) is 0 Å². The maximum atomic E-state index is 13.5. The smallest absolute Gasteiger partial charge is 0.332 e. The fraction of sp³-hybridized carbons (Fsp3) is 0.400. The molecule has 0 bridgehead atoms. The lowest BCUT2D eigenvalue weighted by molar-refractivity contribution is -0.132. The van der Waals surface area contributed by atoms with E-state index < -0.39 is 26.0 Å². The van der Waals surface area contributed by atoms with E-state index in [9.17, 15) is 30.8 Å². The van der Waals surface area contributed by atoms with Gasteiger partial charge in [-0.3, -0.25) is 24.0 Å². The number of halogens is 2. The normalized spacial score (nSPS) is 16.1. The molecule has 0 unspecified atom stereocenters. The zero-order valence-corrected chi connectivity index (χ0v) is 44.1. The van der Waals surface area contributed by atoms with Crippen molar-refractivity contribution in [2.24, 2.45) is 5.73 Å². The second-order valence-corrected chi connectivity index (χ2v) is 23.5. The van der Waals surface area contributed by atoms with Crippen molar-refractivity contribution in [3.05, 3.63) is 118 Å². The lowest BCUT2D eigenvalue weighted by Gasteiger charge is -2.36. The summed E-state index contributed by atoms with van der Waals surface area (Å²) in [5, 5.41) is 12.4. The van der Waals surface area contributed by atoms with Crippen molar-refractivity contribution < 1.29 is 35.9 Å². The molecule has 0 aliphatic carbocycles. The third-order valence-electron chi connectivity index (χ3n) is 11.8. The Bertz CT molecular complexity index is 2750. The van der Waals surface area contributed by atoms with Crippen LogP contribution in [0.4, 0.5) is 27.1 Å². The van der Waals surface area contributed by atoms with Crippen molar-refractivity contribution in [2.75, 3.05) is 122 Å². The molecule has 1 amide bonds. The number of carboxylic acids is 1. The number of nitrogens with one attached hydrogen (secondary N) is 3. The van der Waals surface area contributed by atoms with Gasteiger partial charge in [0.2, 0.25) is 26.0 Å². The van der Waals surface area contributed by atoms with Crippen LogP contribution in [-0.2, 0) is 29.6 Å². The van der Waals surface area contributed by atoms with E-state index in [0.29, 0.717) is 45.6 Å². The molecular formula is C50H64ClFN8O7S4. The van der Waals surface area contributed by atoms with Gasteiger partial charge >= 0.3 is 5.97 Å². The van der Waals surface area contributed by atoms with Crippen LogP contribution in [0.25, 0.3) is 12.2 Å². The highest BCUT2D eigenvalue weighted by molar-refractivity contribution is 8.00. The molecule has 21 heteroatoms. The van der Waals surface area contributed by atoms with Gasteiger partial charge in [0.15, 0.2) is 0 Å². The number of nitrogens with two attached hydrogens (primary N) is 1. The van der Waals surface area contributed by atoms with Gasteiger partial charge in [0.1, 0.15) is 5.82 Å². The predicted molar refractivity (Wildman–Crippen MR) is 291 cm³/mol. The number of rotatable bonds is 17. The van der Waals surface area contributed by atoms with E-state index in [1.807, 2.05) is 48.5 Å². The van der Waals surface area contributed by atoms with E-state index in [0.717, 1.165) is 136 Å². The summed E-state index contributed by atoms with van der Waals surface area (Å²) in [6.45, 7) is 11.1. The summed E-state index contributed by atoms with van der Waals surface area (Å²) in [6.07, 6.45) is 9.92. The molecule has 4 aromatic rings. The fourth-order valence-electron chi connectivity index (χ4n) is 8.23. The average Bonchev–Trinajstić information content (AvgIpc) is 3.33. The number of carboxylic acid groups (broad SMARTS) is 1. The van der Waals surface area contributed by atoms with Crippen LogP contribution in [0, 0.1) is 5.82 Å². The molecule has 4 aliphatic heterocycles. The molecule has 0 radical (unpaired) electrons. The van der Waals surface area contributed by atoms with Crippen LogP contribution < -0.4 is 30.3 Å². The van der Waals surface area contributed by atoms with Crippen LogP contribution in [0.2, 0.25) is 5.02 Å². The molecule has 71 heavy (non-hydrogen) atoms. The molecule has 4 aromatic carbocycles. The number of aliphatic carboxylic acids is 1. The number of fused-ring (bicyclic) bond motifs is 2. The van der Waals surface area contributed by atoms with Crippen LogP contribution in [0.3, 0.4) is 0 Å². The maximum Gasteiger partial charge on any atom is 0.332 e. The van der Waals surface area contributed by atoms with Crippen LogP contribution in [-0.4, -0.2) is 146 Å². The Hall–Kier alpha value is -4.80. The summed E-state index contributed by atoms with van der Waals surface area (Å²) in [4.78, 5) is 34.8. The van der Waals surface area contributed by atoms with Crippen molar-refractivity contribution in [1.29, 1.82) is 0 Å². The third-order valence-corrected chi connectivity index (χ3v) is 15.5. The molecule has 4 heterocycles. The first-order valence-corrected chi connectivity index (χ1v) is 29.6. The zero-order chi connectivity index (χ0) is 51.0. The van der Waals surface area contributed by atoms with Crippen molar-refractivity contribution in [1.82, 2.24) is 15.1 Å². The second-order valence-electron chi connectivity index (χ2n) is 17.6. The predicted octanol–water partition coefficient (Wildman–Crippen LogP) is 7.24. The minimum atomic E-state index is -3.29. The second kappa shape index (κ2) is 26.8. The average molecular weight is 1070 g/mol. The first-order valence-electron chi connectivity index (χ1n) is 23.5. The number of carbonyl (C=O) groups is 2. The Morgan fingerprint density at radius 2 is 1.15 bits per heavy atom. The summed E-state index contributed by atoms with van der Waals surface area (Å²) in [7, 11) is -6.53. The molecule has 0 aromatic heterocycles. The van der Waals surface area contributed by atoms with Gasteiger partial charge in [-0.25, -0.2) is 26.0 Å². The lowest BCUT2D eigenvalue weighted by atomic mass is 10.1. The van der Waals surface area contributed by atoms with Gasteiger partial charge in [0.25, 0.3) is 0 Å². The van der Waals surface area contributed by atoms with Crippen LogP contribution in [0.15, 0.2) is 106 Å². The molecule has 15 nitrogen and oxygen atoms in total. The molecule has 2 fully saturated rings. The van der Waals surface area contributed by atoms with Gasteiger partial charge in [0.05, 0.1) is 23.9 Å². The van der Waals surface area contributed by atoms with Gasteiger partial charge < -0.3 is 26.0 Å². The Labute approximate surface area is 431 Å². The minimum Gasteiger partial charge on any atom is -0.478 e. The number of benzene rings is 4. The largest absolute Gasteiger partial charge is 0.478 e. The molecule has 0 saturated carbocycles. The monoisotopic (exact) mass is 1070 g/mol. The number of sulfonamides is 2. The number of piperazine rings is 2. The summed E-state index contributed by atoms with van der Waals surface area (Å²) in [5.41, 5.74) is 11.6. The summed E-state index contributed by atoms with van der Waals surface area (Å²) in [6, 6.07) is 25.2. The van der Waals surface area contributed by atoms with E-state index in [2.05, 4.69) is 34.4 Å². The Kier molecular flexibility index (Phi) is 20.9. The molecule has 6 N–H and O–H groups in total. The number of anilines is 4. The van der Waals surface area contributed by atoms with E-state index in [4.69, 9.17) is 22.4 Å². The van der Waals surface area contributed by atoms with Gasteiger partial charge in [0, 0.05) is 108 Å². The van der Waals surface area contributed by atoms with Crippen molar-refractivity contribution in [3.8, 4) is 0 Å². The third kappa shape index (κ3) is 18.6. The first kappa shape index (κ1) is 55.5. The van der Waals surface area contributed by atoms with Gasteiger partial charge in [-0.05, 0) is 141 Å². The maximum absolute atomic E-state index is 13.5. The SMILES string of the molecule is CS(=O)(=O)Nc1cccc(N2CCN(CCCCN)CC2)c1.CS(=O)(=O)Nc1cccc(N2CCN(CCCCNC(=O)C3=Cc4cc(F)ccc4SC3)CC2)c1.O=C(O)C1=Cc2cc(Cl)ccc2SC1. The quantitative estimate of drug-likeness (QED) is 0.0664. The Balaban J connectivity index is 0.000000194. The van der Waals surface area contributed by atoms with Crippen molar-refractivity contribution in [2.45, 2.75) is 35.5 Å². The highest BCUT2D eigenvalue weighted by Crippen LogP contribution is 2.34. The summed E-state index contributed by atoms with van der Waals surface area (Å²) >= 11 is 8.91. The molecule has 2 saturated heterocycles. The Morgan fingerprint density at radius 1 is 0.662 bits per heavy atom. The van der Waals surface area contributed by atoms with E-state index in [-0.39, 0.29) is 11.7 Å². The van der Waals surface area contributed by atoms with Crippen molar-refractivity contribution >= 4 is 102 Å². The number of carbonyl (C=O) groups excluding carboxylic acids is 1. The molecule has 8 rings (SSSR count). The summed E-state index contributed by atoms with van der Waals surface area (Å²) in [5.74, 6) is -0.108. The van der Waals surface area contributed by atoms with Gasteiger partial charge in [-0.1, -0.05) is 23.7 Å². The minimum absolute atomic E-state index is 0.0754.